The Kier molecular flexibility index (Phi) is 2.79. The van der Waals surface area contributed by atoms with Gasteiger partial charge in [-0.2, -0.15) is 0 Å². The maximum absolute atomic E-state index is 12.5. The maximum atomic E-state index is 12.5. The molecule has 0 spiro atoms. The second kappa shape index (κ2) is 4.25. The van der Waals surface area contributed by atoms with Crippen LogP contribution in [0.4, 0.5) is 5.69 Å². The molecule has 0 radical (unpaired) electrons. The third-order valence-corrected chi connectivity index (χ3v) is 5.43. The number of rotatable bonds is 4. The topological polar surface area (TPSA) is 79.2 Å². The molecular formula is C13H17N3O2S. The first-order valence-electron chi connectivity index (χ1n) is 6.31. The second-order valence-electron chi connectivity index (χ2n) is 5.19. The van der Waals surface area contributed by atoms with Crippen LogP contribution in [-0.4, -0.2) is 31.3 Å². The standard InChI is InChI=1S/C13H17N3O2S/c1-16(8-9-2-3-9)19(17,18)13-7-15-12-5-4-10(14)6-11(12)13/h4-7,9,15H,2-3,8,14H2,1H3. The van der Waals surface area contributed by atoms with Gasteiger partial charge >= 0.3 is 0 Å². The summed E-state index contributed by atoms with van der Waals surface area (Å²) in [6.45, 7) is 0.595. The number of H-pyrrole nitrogens is 1. The number of hydrogen-bond acceptors (Lipinski definition) is 3. The van der Waals surface area contributed by atoms with Gasteiger partial charge < -0.3 is 10.7 Å². The van der Waals surface area contributed by atoms with Gasteiger partial charge in [-0.05, 0) is 37.0 Å². The molecule has 1 aliphatic rings. The van der Waals surface area contributed by atoms with Crippen molar-refractivity contribution in [2.24, 2.45) is 5.92 Å². The average molecular weight is 279 g/mol. The third-order valence-electron chi connectivity index (χ3n) is 3.57. The van der Waals surface area contributed by atoms with Gasteiger partial charge in [0.1, 0.15) is 4.90 Å². The highest BCUT2D eigenvalue weighted by Gasteiger charge is 2.30. The lowest BCUT2D eigenvalue weighted by molar-refractivity contribution is 0.453. The van der Waals surface area contributed by atoms with Gasteiger partial charge in [0.05, 0.1) is 0 Å². The quantitative estimate of drug-likeness (QED) is 0.837. The van der Waals surface area contributed by atoms with Crippen LogP contribution in [0.3, 0.4) is 0 Å². The summed E-state index contributed by atoms with van der Waals surface area (Å²) in [4.78, 5) is 3.29. The fraction of sp³-hybridized carbons (Fsp3) is 0.385. The van der Waals surface area contributed by atoms with Crippen LogP contribution in [0.15, 0.2) is 29.3 Å². The smallest absolute Gasteiger partial charge is 0.244 e. The van der Waals surface area contributed by atoms with E-state index in [0.717, 1.165) is 18.4 Å². The number of nitrogens with one attached hydrogen (secondary N) is 1. The average Bonchev–Trinajstić information content (AvgIpc) is 3.06. The van der Waals surface area contributed by atoms with Gasteiger partial charge in [-0.15, -0.1) is 0 Å². The summed E-state index contributed by atoms with van der Waals surface area (Å²) >= 11 is 0. The first-order chi connectivity index (χ1) is 8.98. The van der Waals surface area contributed by atoms with Crippen molar-refractivity contribution in [1.29, 1.82) is 0 Å². The van der Waals surface area contributed by atoms with Gasteiger partial charge in [0.25, 0.3) is 0 Å². The van der Waals surface area contributed by atoms with Crippen LogP contribution in [0.1, 0.15) is 12.8 Å². The van der Waals surface area contributed by atoms with E-state index >= 15 is 0 Å². The Bertz CT molecular complexity index is 717. The molecule has 19 heavy (non-hydrogen) atoms. The zero-order valence-corrected chi connectivity index (χ0v) is 11.6. The molecule has 3 N–H and O–H groups in total. The fourth-order valence-corrected chi connectivity index (χ4v) is 3.65. The summed E-state index contributed by atoms with van der Waals surface area (Å²) in [7, 11) is -1.81. The lowest BCUT2D eigenvalue weighted by atomic mass is 10.2. The fourth-order valence-electron chi connectivity index (χ4n) is 2.26. The first-order valence-corrected chi connectivity index (χ1v) is 7.75. The molecule has 3 rings (SSSR count). The number of nitrogen functional groups attached to an aromatic ring is 1. The SMILES string of the molecule is CN(CC1CC1)S(=O)(=O)c1c[nH]c2ccc(N)cc12. The summed E-state index contributed by atoms with van der Waals surface area (Å²) in [5.74, 6) is 0.523. The van der Waals surface area contributed by atoms with Crippen LogP contribution >= 0.6 is 0 Å². The van der Waals surface area contributed by atoms with E-state index in [1.807, 2.05) is 0 Å². The summed E-state index contributed by atoms with van der Waals surface area (Å²) in [5.41, 5.74) is 7.09. The van der Waals surface area contributed by atoms with E-state index in [0.29, 0.717) is 28.4 Å². The lowest BCUT2D eigenvalue weighted by Crippen LogP contribution is -2.28. The Hall–Kier alpha value is -1.53. The van der Waals surface area contributed by atoms with E-state index in [4.69, 9.17) is 5.73 Å². The van der Waals surface area contributed by atoms with Crippen LogP contribution in [-0.2, 0) is 10.0 Å². The van der Waals surface area contributed by atoms with Gasteiger partial charge in [0.15, 0.2) is 0 Å². The van der Waals surface area contributed by atoms with Crippen LogP contribution < -0.4 is 5.73 Å². The predicted octanol–water partition coefficient (Wildman–Crippen LogP) is 1.78. The molecule has 1 saturated carbocycles. The van der Waals surface area contributed by atoms with Crippen molar-refractivity contribution < 1.29 is 8.42 Å². The molecule has 2 aromatic rings. The van der Waals surface area contributed by atoms with E-state index in [1.54, 1.807) is 31.4 Å². The van der Waals surface area contributed by atoms with Crippen LogP contribution in [0.25, 0.3) is 10.9 Å². The van der Waals surface area contributed by atoms with Crippen molar-refractivity contribution >= 4 is 26.6 Å². The normalized spacial score (nSPS) is 16.3. The van der Waals surface area contributed by atoms with E-state index in [-0.39, 0.29) is 0 Å². The summed E-state index contributed by atoms with van der Waals surface area (Å²) in [5, 5.41) is 0.655. The van der Waals surface area contributed by atoms with E-state index < -0.39 is 10.0 Å². The minimum absolute atomic E-state index is 0.304. The highest BCUT2D eigenvalue weighted by Crippen LogP contribution is 2.32. The first kappa shape index (κ1) is 12.5. The Labute approximate surface area is 112 Å². The Balaban J connectivity index is 2.04. The van der Waals surface area contributed by atoms with Gasteiger partial charge in [-0.3, -0.25) is 0 Å². The monoisotopic (exact) mass is 279 g/mol. The van der Waals surface area contributed by atoms with Crippen molar-refractivity contribution in [3.8, 4) is 0 Å². The summed E-state index contributed by atoms with van der Waals surface area (Å²) in [6.07, 6.45) is 3.80. The second-order valence-corrected chi connectivity index (χ2v) is 7.20. The van der Waals surface area contributed by atoms with Crippen molar-refractivity contribution in [2.45, 2.75) is 17.7 Å². The van der Waals surface area contributed by atoms with Crippen LogP contribution in [0.2, 0.25) is 0 Å². The molecule has 1 fully saturated rings. The number of sulfonamides is 1. The lowest BCUT2D eigenvalue weighted by Gasteiger charge is -2.16. The molecule has 1 heterocycles. The molecule has 0 atom stereocenters. The van der Waals surface area contributed by atoms with E-state index in [9.17, 15) is 8.42 Å². The maximum Gasteiger partial charge on any atom is 0.244 e. The largest absolute Gasteiger partial charge is 0.399 e. The van der Waals surface area contributed by atoms with Crippen molar-refractivity contribution in [2.75, 3.05) is 19.3 Å². The third kappa shape index (κ3) is 2.21. The molecule has 6 heteroatoms. The zero-order valence-electron chi connectivity index (χ0n) is 10.8. The molecule has 0 aliphatic heterocycles. The Morgan fingerprint density at radius 2 is 2.16 bits per heavy atom. The highest BCUT2D eigenvalue weighted by molar-refractivity contribution is 7.89. The minimum Gasteiger partial charge on any atom is -0.399 e. The number of aromatic amines is 1. The molecule has 1 aromatic heterocycles. The number of fused-ring (bicyclic) bond motifs is 1. The molecule has 0 saturated heterocycles. The summed E-state index contributed by atoms with van der Waals surface area (Å²) in [6, 6.07) is 5.25. The number of anilines is 1. The molecule has 5 nitrogen and oxygen atoms in total. The molecule has 1 aliphatic carbocycles. The van der Waals surface area contributed by atoms with Crippen LogP contribution in [0, 0.1) is 5.92 Å². The Morgan fingerprint density at radius 3 is 2.84 bits per heavy atom. The molecule has 0 unspecified atom stereocenters. The van der Waals surface area contributed by atoms with Crippen molar-refractivity contribution in [3.05, 3.63) is 24.4 Å². The van der Waals surface area contributed by atoms with Gasteiger partial charge in [-0.25, -0.2) is 12.7 Å². The number of aromatic nitrogens is 1. The molecule has 0 amide bonds. The Morgan fingerprint density at radius 1 is 1.42 bits per heavy atom. The molecule has 0 bridgehead atoms. The van der Waals surface area contributed by atoms with E-state index in [2.05, 4.69) is 4.98 Å². The van der Waals surface area contributed by atoms with Crippen molar-refractivity contribution in [3.63, 3.8) is 0 Å². The van der Waals surface area contributed by atoms with Gasteiger partial charge in [0.2, 0.25) is 10.0 Å². The van der Waals surface area contributed by atoms with Crippen LogP contribution in [0.5, 0.6) is 0 Å². The molecule has 102 valence electrons. The minimum atomic E-state index is -3.45. The van der Waals surface area contributed by atoms with Gasteiger partial charge in [-0.1, -0.05) is 0 Å². The van der Waals surface area contributed by atoms with E-state index in [1.165, 1.54) is 4.31 Å². The van der Waals surface area contributed by atoms with Gasteiger partial charge in [0, 0.05) is 36.4 Å². The number of benzene rings is 1. The number of nitrogens with two attached hydrogens (primary N) is 1. The highest BCUT2D eigenvalue weighted by atomic mass is 32.2. The molecular weight excluding hydrogens is 262 g/mol. The van der Waals surface area contributed by atoms with Crippen molar-refractivity contribution in [1.82, 2.24) is 9.29 Å². The predicted molar refractivity (Wildman–Crippen MR) is 75.3 cm³/mol. The number of hydrogen-bond donors (Lipinski definition) is 2. The number of nitrogens with zero attached hydrogens (tertiary/aromatic N) is 1. The summed E-state index contributed by atoms with van der Waals surface area (Å²) < 4.78 is 26.5. The molecule has 1 aromatic carbocycles. The zero-order chi connectivity index (χ0) is 13.6.